The molecule has 0 unspecified atom stereocenters. The Morgan fingerprint density at radius 3 is 2.19 bits per heavy atom. The number of nitro benzene ring substituents is 1. The Labute approximate surface area is 206 Å². The lowest BCUT2D eigenvalue weighted by Gasteiger charge is -2.11. The van der Waals surface area contributed by atoms with E-state index in [0.29, 0.717) is 17.1 Å². The first-order chi connectivity index (χ1) is 17.2. The fraction of sp³-hybridized carbons (Fsp3) is 0.130. The molecule has 0 atom stereocenters. The summed E-state index contributed by atoms with van der Waals surface area (Å²) >= 11 is 0. The Hall–Kier alpha value is -4.49. The van der Waals surface area contributed by atoms with Crippen LogP contribution in [-0.2, 0) is 10.3 Å². The number of aromatic nitrogens is 2. The van der Waals surface area contributed by atoms with E-state index in [9.17, 15) is 18.5 Å². The molecule has 0 fully saturated rings. The molecule has 13 heteroatoms. The summed E-state index contributed by atoms with van der Waals surface area (Å²) in [6, 6.07) is 16.8. The number of non-ortho nitro benzene ring substituents is 1. The molecule has 186 valence electrons. The summed E-state index contributed by atoms with van der Waals surface area (Å²) in [5.74, 6) is 1.64. The molecule has 1 aromatic heterocycles. The number of hydrogen-bond acceptors (Lipinski definition) is 10. The minimum atomic E-state index is -3.90. The summed E-state index contributed by atoms with van der Waals surface area (Å²) < 4.78 is 46.1. The van der Waals surface area contributed by atoms with Gasteiger partial charge in [-0.05, 0) is 54.6 Å². The van der Waals surface area contributed by atoms with Crippen LogP contribution in [-0.4, -0.2) is 49.0 Å². The molecule has 0 amide bonds. The van der Waals surface area contributed by atoms with Gasteiger partial charge in [-0.3, -0.25) is 10.1 Å². The van der Waals surface area contributed by atoms with Gasteiger partial charge in [0.2, 0.25) is 5.82 Å². The molecular formula is C23H20N4O8S. The summed E-state index contributed by atoms with van der Waals surface area (Å²) in [6.45, 7) is 0. The minimum Gasteiger partial charge on any atom is -0.497 e. The second kappa shape index (κ2) is 10.0. The van der Waals surface area contributed by atoms with Crippen molar-refractivity contribution in [1.82, 2.24) is 14.4 Å². The lowest BCUT2D eigenvalue weighted by atomic mass is 10.1. The van der Waals surface area contributed by atoms with Gasteiger partial charge in [0.25, 0.3) is 11.6 Å². The van der Waals surface area contributed by atoms with Crippen LogP contribution in [0.15, 0.2) is 71.3 Å². The molecule has 0 aliphatic rings. The third kappa shape index (κ3) is 5.42. The van der Waals surface area contributed by atoms with E-state index >= 15 is 0 Å². The van der Waals surface area contributed by atoms with E-state index in [4.69, 9.17) is 18.2 Å². The molecule has 36 heavy (non-hydrogen) atoms. The highest BCUT2D eigenvalue weighted by Gasteiger charge is 2.21. The number of nitro groups is 1. The Balaban J connectivity index is 1.64. The van der Waals surface area contributed by atoms with Crippen molar-refractivity contribution in [2.24, 2.45) is 0 Å². The van der Waals surface area contributed by atoms with Crippen molar-refractivity contribution in [1.29, 1.82) is 0 Å². The number of rotatable bonds is 9. The highest BCUT2D eigenvalue weighted by molar-refractivity contribution is 7.84. The van der Waals surface area contributed by atoms with Crippen LogP contribution in [0.3, 0.4) is 0 Å². The molecule has 0 N–H and O–H groups in total. The third-order valence-corrected chi connectivity index (χ3v) is 6.18. The van der Waals surface area contributed by atoms with E-state index in [1.165, 1.54) is 44.4 Å². The monoisotopic (exact) mass is 512 g/mol. The topological polar surface area (TPSA) is 147 Å². The largest absolute Gasteiger partial charge is 0.497 e. The summed E-state index contributed by atoms with van der Waals surface area (Å²) in [7, 11) is 0.351. The van der Waals surface area contributed by atoms with Gasteiger partial charge in [-0.2, -0.15) is 17.7 Å². The molecule has 0 bridgehead atoms. The number of ether oxygens (including phenoxy) is 2. The second-order valence-electron chi connectivity index (χ2n) is 7.49. The maximum Gasteiger partial charge on any atom is 0.384 e. The molecule has 4 aromatic rings. The zero-order valence-corrected chi connectivity index (χ0v) is 20.1. The summed E-state index contributed by atoms with van der Waals surface area (Å²) in [4.78, 5) is 15.2. The summed E-state index contributed by atoms with van der Waals surface area (Å²) in [5.41, 5.74) is 0.536. The van der Waals surface area contributed by atoms with Gasteiger partial charge in [0.1, 0.15) is 23.0 Å². The van der Waals surface area contributed by atoms with Gasteiger partial charge >= 0.3 is 10.3 Å². The molecular weight excluding hydrogens is 492 g/mol. The number of methoxy groups -OCH3 is 1. The van der Waals surface area contributed by atoms with Crippen LogP contribution in [0.4, 0.5) is 5.69 Å². The first-order valence-corrected chi connectivity index (χ1v) is 11.7. The van der Waals surface area contributed by atoms with Crippen molar-refractivity contribution in [3.05, 3.63) is 76.8 Å². The Bertz CT molecular complexity index is 1480. The van der Waals surface area contributed by atoms with Crippen molar-refractivity contribution in [2.75, 3.05) is 21.2 Å². The lowest BCUT2D eigenvalue weighted by Crippen LogP contribution is -2.26. The van der Waals surface area contributed by atoms with Crippen LogP contribution >= 0.6 is 0 Å². The summed E-state index contributed by atoms with van der Waals surface area (Å²) in [6.07, 6.45) is 0. The fourth-order valence-electron chi connectivity index (χ4n) is 2.96. The fourth-order valence-corrected chi connectivity index (χ4v) is 3.47. The van der Waals surface area contributed by atoms with Crippen LogP contribution in [0.25, 0.3) is 22.8 Å². The average molecular weight is 513 g/mol. The molecule has 0 radical (unpaired) electrons. The van der Waals surface area contributed by atoms with E-state index in [1.54, 1.807) is 43.5 Å². The van der Waals surface area contributed by atoms with Crippen LogP contribution in [0, 0.1) is 10.1 Å². The maximum atomic E-state index is 11.9. The molecule has 0 saturated heterocycles. The normalized spacial score (nSPS) is 11.3. The molecule has 0 spiro atoms. The highest BCUT2D eigenvalue weighted by atomic mass is 32.2. The van der Waals surface area contributed by atoms with E-state index in [-0.39, 0.29) is 34.5 Å². The number of hydrogen-bond donors (Lipinski definition) is 0. The SMILES string of the molecule is COc1ccc(Oc2ccc([N+](=O)[O-])cc2-c2nc(-c3ccc(OS(=O)(=O)N(C)C)cc3)no2)cc1. The van der Waals surface area contributed by atoms with Crippen molar-refractivity contribution in [3.63, 3.8) is 0 Å². The van der Waals surface area contributed by atoms with Gasteiger partial charge < -0.3 is 18.2 Å². The first-order valence-electron chi connectivity index (χ1n) is 10.3. The maximum absolute atomic E-state index is 11.9. The molecule has 4 rings (SSSR count). The minimum absolute atomic E-state index is 0.00674. The zero-order valence-electron chi connectivity index (χ0n) is 19.3. The van der Waals surface area contributed by atoms with E-state index in [1.807, 2.05) is 0 Å². The van der Waals surface area contributed by atoms with Crippen molar-refractivity contribution < 1.29 is 31.5 Å². The van der Waals surface area contributed by atoms with Crippen molar-refractivity contribution >= 4 is 16.0 Å². The van der Waals surface area contributed by atoms with E-state index in [2.05, 4.69) is 10.1 Å². The molecule has 0 saturated carbocycles. The molecule has 3 aromatic carbocycles. The third-order valence-electron chi connectivity index (χ3n) is 4.88. The standard InChI is InChI=1S/C23H20N4O8S/c1-26(2)36(30,31)35-19-7-4-15(5-8-19)22-24-23(34-25-22)20-14-16(27(28)29)6-13-21(20)33-18-11-9-17(32-3)10-12-18/h4-14H,1-3H3. The van der Waals surface area contributed by atoms with Crippen LogP contribution in [0.5, 0.6) is 23.0 Å². The van der Waals surface area contributed by atoms with Crippen LogP contribution in [0.1, 0.15) is 0 Å². The predicted octanol–water partition coefficient (Wildman–Crippen LogP) is 4.30. The molecule has 1 heterocycles. The Morgan fingerprint density at radius 2 is 1.58 bits per heavy atom. The first kappa shape index (κ1) is 24.6. The summed E-state index contributed by atoms with van der Waals surface area (Å²) in [5, 5.41) is 15.3. The van der Waals surface area contributed by atoms with Gasteiger partial charge in [0.05, 0.1) is 17.6 Å². The Kier molecular flexibility index (Phi) is 6.85. The second-order valence-corrected chi connectivity index (χ2v) is 9.24. The van der Waals surface area contributed by atoms with Crippen molar-refractivity contribution in [2.45, 2.75) is 0 Å². The molecule has 0 aliphatic carbocycles. The van der Waals surface area contributed by atoms with Gasteiger partial charge in [-0.1, -0.05) is 5.16 Å². The lowest BCUT2D eigenvalue weighted by molar-refractivity contribution is -0.384. The molecule has 12 nitrogen and oxygen atoms in total. The van der Waals surface area contributed by atoms with Gasteiger partial charge in [-0.25, -0.2) is 0 Å². The highest BCUT2D eigenvalue weighted by Crippen LogP contribution is 2.36. The van der Waals surface area contributed by atoms with Gasteiger partial charge in [0, 0.05) is 31.8 Å². The smallest absolute Gasteiger partial charge is 0.384 e. The van der Waals surface area contributed by atoms with Crippen LogP contribution in [0.2, 0.25) is 0 Å². The Morgan fingerprint density at radius 1 is 0.944 bits per heavy atom. The predicted molar refractivity (Wildman–Crippen MR) is 128 cm³/mol. The quantitative estimate of drug-likeness (QED) is 0.235. The number of benzene rings is 3. The van der Waals surface area contributed by atoms with Crippen LogP contribution < -0.4 is 13.7 Å². The van der Waals surface area contributed by atoms with E-state index in [0.717, 1.165) is 4.31 Å². The molecule has 0 aliphatic heterocycles. The number of nitrogens with zero attached hydrogens (tertiary/aromatic N) is 4. The van der Waals surface area contributed by atoms with Gasteiger partial charge in [-0.15, -0.1) is 0 Å². The average Bonchev–Trinajstić information content (AvgIpc) is 3.35. The van der Waals surface area contributed by atoms with Gasteiger partial charge in [0.15, 0.2) is 0 Å². The van der Waals surface area contributed by atoms with Crippen molar-refractivity contribution in [3.8, 4) is 45.8 Å². The zero-order chi connectivity index (χ0) is 25.9. The van der Waals surface area contributed by atoms with E-state index < -0.39 is 15.2 Å².